The summed E-state index contributed by atoms with van der Waals surface area (Å²) >= 11 is 0. The molecule has 0 fully saturated rings. The predicted octanol–water partition coefficient (Wildman–Crippen LogP) is 4.18. The van der Waals surface area contributed by atoms with Gasteiger partial charge in [-0.15, -0.1) is 0 Å². The van der Waals surface area contributed by atoms with Crippen molar-refractivity contribution in [3.63, 3.8) is 0 Å². The molecule has 2 aromatic carbocycles. The van der Waals surface area contributed by atoms with E-state index in [1.807, 2.05) is 83.1 Å². The second kappa shape index (κ2) is 10.1. The van der Waals surface area contributed by atoms with E-state index >= 15 is 0 Å². The summed E-state index contributed by atoms with van der Waals surface area (Å²) in [6, 6.07) is 15.5. The van der Waals surface area contributed by atoms with Crippen LogP contribution in [0.25, 0.3) is 0 Å². The summed E-state index contributed by atoms with van der Waals surface area (Å²) in [7, 11) is 0. The Morgan fingerprint density at radius 2 is 1.75 bits per heavy atom. The molecule has 0 heterocycles. The number of aryl methyl sites for hydroxylation is 2. The third kappa shape index (κ3) is 5.95. The Bertz CT molecular complexity index is 816. The van der Waals surface area contributed by atoms with Crippen LogP contribution in [-0.4, -0.2) is 28.8 Å². The smallest absolute Gasteiger partial charge is 0.242 e. The minimum atomic E-state index is -0.536. The standard InChI is InChI=1S/C24H32N2O2/c1-6-19(4)25-24(28)20(5)26(16-22-13-8-7-11-18(22)3)23(27)15-21-12-9-10-17(2)14-21/h7-14,19-20H,6,15-16H2,1-5H3,(H,25,28)/t19-,20-/m0/s1. The van der Waals surface area contributed by atoms with Crippen LogP contribution in [0, 0.1) is 13.8 Å². The Kier molecular flexibility index (Phi) is 7.80. The van der Waals surface area contributed by atoms with Gasteiger partial charge in [-0.1, -0.05) is 61.0 Å². The second-order valence-electron chi connectivity index (χ2n) is 7.61. The molecule has 4 heteroatoms. The molecule has 0 bridgehead atoms. The van der Waals surface area contributed by atoms with Gasteiger partial charge in [-0.05, 0) is 50.8 Å². The van der Waals surface area contributed by atoms with Gasteiger partial charge in [-0.25, -0.2) is 0 Å². The van der Waals surface area contributed by atoms with Gasteiger partial charge in [0.1, 0.15) is 6.04 Å². The van der Waals surface area contributed by atoms with E-state index in [0.29, 0.717) is 6.54 Å². The Morgan fingerprint density at radius 1 is 1.04 bits per heavy atom. The first-order chi connectivity index (χ1) is 13.3. The SMILES string of the molecule is CC[C@H](C)NC(=O)[C@H](C)N(Cc1ccccc1C)C(=O)Cc1cccc(C)c1. The average Bonchev–Trinajstić information content (AvgIpc) is 2.66. The van der Waals surface area contributed by atoms with E-state index in [0.717, 1.165) is 28.7 Å². The summed E-state index contributed by atoms with van der Waals surface area (Å²) in [6.45, 7) is 10.3. The molecule has 0 unspecified atom stereocenters. The molecule has 0 aliphatic heterocycles. The van der Waals surface area contributed by atoms with Gasteiger partial charge in [0.25, 0.3) is 0 Å². The van der Waals surface area contributed by atoms with Crippen LogP contribution in [0.5, 0.6) is 0 Å². The normalized spacial score (nSPS) is 12.9. The zero-order valence-electron chi connectivity index (χ0n) is 17.7. The van der Waals surface area contributed by atoms with Crippen molar-refractivity contribution < 1.29 is 9.59 Å². The molecule has 0 saturated heterocycles. The summed E-state index contributed by atoms with van der Waals surface area (Å²) in [6.07, 6.45) is 1.14. The van der Waals surface area contributed by atoms with E-state index in [2.05, 4.69) is 5.32 Å². The highest BCUT2D eigenvalue weighted by atomic mass is 16.2. The lowest BCUT2D eigenvalue weighted by Crippen LogP contribution is -2.50. The summed E-state index contributed by atoms with van der Waals surface area (Å²) < 4.78 is 0. The predicted molar refractivity (Wildman–Crippen MR) is 114 cm³/mol. The van der Waals surface area contributed by atoms with Crippen LogP contribution in [0.15, 0.2) is 48.5 Å². The monoisotopic (exact) mass is 380 g/mol. The van der Waals surface area contributed by atoms with Crippen LogP contribution < -0.4 is 5.32 Å². The van der Waals surface area contributed by atoms with Gasteiger partial charge in [0.2, 0.25) is 11.8 Å². The highest BCUT2D eigenvalue weighted by Gasteiger charge is 2.27. The lowest BCUT2D eigenvalue weighted by atomic mass is 10.0. The maximum Gasteiger partial charge on any atom is 0.242 e. The van der Waals surface area contributed by atoms with Crippen molar-refractivity contribution in [2.45, 2.75) is 66.1 Å². The van der Waals surface area contributed by atoms with Crippen molar-refractivity contribution in [3.05, 3.63) is 70.8 Å². The third-order valence-electron chi connectivity index (χ3n) is 5.21. The molecule has 0 aliphatic carbocycles. The molecule has 0 saturated carbocycles. The lowest BCUT2D eigenvalue weighted by Gasteiger charge is -2.30. The Balaban J connectivity index is 2.25. The molecule has 0 aliphatic rings. The van der Waals surface area contributed by atoms with Crippen molar-refractivity contribution >= 4 is 11.8 Å². The van der Waals surface area contributed by atoms with E-state index in [1.54, 1.807) is 4.90 Å². The third-order valence-corrected chi connectivity index (χ3v) is 5.21. The highest BCUT2D eigenvalue weighted by Crippen LogP contribution is 2.16. The molecule has 2 amide bonds. The number of carbonyl (C=O) groups excluding carboxylic acids is 2. The molecule has 2 atom stereocenters. The summed E-state index contributed by atoms with van der Waals surface area (Å²) in [5.41, 5.74) is 4.27. The fourth-order valence-corrected chi connectivity index (χ4v) is 3.12. The molecule has 2 rings (SSSR count). The topological polar surface area (TPSA) is 49.4 Å². The van der Waals surface area contributed by atoms with E-state index in [-0.39, 0.29) is 24.3 Å². The number of amides is 2. The van der Waals surface area contributed by atoms with Crippen LogP contribution in [0.3, 0.4) is 0 Å². The first-order valence-electron chi connectivity index (χ1n) is 10.0. The van der Waals surface area contributed by atoms with E-state index in [9.17, 15) is 9.59 Å². The van der Waals surface area contributed by atoms with E-state index < -0.39 is 6.04 Å². The number of hydrogen-bond donors (Lipinski definition) is 1. The van der Waals surface area contributed by atoms with Crippen LogP contribution in [0.4, 0.5) is 0 Å². The van der Waals surface area contributed by atoms with Crippen molar-refractivity contribution in [1.29, 1.82) is 0 Å². The fraction of sp³-hybridized carbons (Fsp3) is 0.417. The Morgan fingerprint density at radius 3 is 2.39 bits per heavy atom. The molecule has 2 aromatic rings. The average molecular weight is 381 g/mol. The molecular weight excluding hydrogens is 348 g/mol. The first-order valence-corrected chi connectivity index (χ1v) is 10.0. The van der Waals surface area contributed by atoms with Crippen LogP contribution >= 0.6 is 0 Å². The quantitative estimate of drug-likeness (QED) is 0.747. The molecule has 1 N–H and O–H groups in total. The number of benzene rings is 2. The van der Waals surface area contributed by atoms with Crippen LogP contribution in [0.1, 0.15) is 49.4 Å². The number of nitrogens with one attached hydrogen (secondary N) is 1. The number of carbonyl (C=O) groups is 2. The molecular formula is C24H32N2O2. The van der Waals surface area contributed by atoms with Crippen molar-refractivity contribution in [2.75, 3.05) is 0 Å². The zero-order chi connectivity index (χ0) is 20.7. The first kappa shape index (κ1) is 21.7. The van der Waals surface area contributed by atoms with Crippen LogP contribution in [-0.2, 0) is 22.6 Å². The van der Waals surface area contributed by atoms with E-state index in [1.165, 1.54) is 0 Å². The minimum Gasteiger partial charge on any atom is -0.352 e. The van der Waals surface area contributed by atoms with Gasteiger partial charge >= 0.3 is 0 Å². The lowest BCUT2D eigenvalue weighted by molar-refractivity contribution is -0.140. The Hall–Kier alpha value is -2.62. The van der Waals surface area contributed by atoms with Gasteiger partial charge in [-0.2, -0.15) is 0 Å². The van der Waals surface area contributed by atoms with E-state index in [4.69, 9.17) is 0 Å². The van der Waals surface area contributed by atoms with Gasteiger partial charge in [0.15, 0.2) is 0 Å². The number of hydrogen-bond acceptors (Lipinski definition) is 2. The van der Waals surface area contributed by atoms with Crippen molar-refractivity contribution in [1.82, 2.24) is 10.2 Å². The summed E-state index contributed by atoms with van der Waals surface area (Å²) in [5, 5.41) is 3.01. The zero-order valence-corrected chi connectivity index (χ0v) is 17.7. The minimum absolute atomic E-state index is 0.0411. The molecule has 0 radical (unpaired) electrons. The van der Waals surface area contributed by atoms with Gasteiger partial charge in [0, 0.05) is 12.6 Å². The summed E-state index contributed by atoms with van der Waals surface area (Å²) in [4.78, 5) is 27.6. The Labute approximate surface area is 169 Å². The second-order valence-corrected chi connectivity index (χ2v) is 7.61. The molecule has 4 nitrogen and oxygen atoms in total. The number of nitrogens with zero attached hydrogens (tertiary/aromatic N) is 1. The van der Waals surface area contributed by atoms with Gasteiger partial charge in [0.05, 0.1) is 6.42 Å². The molecule has 0 aromatic heterocycles. The summed E-state index contributed by atoms with van der Waals surface area (Å²) in [5.74, 6) is -0.152. The fourth-order valence-electron chi connectivity index (χ4n) is 3.12. The molecule has 0 spiro atoms. The van der Waals surface area contributed by atoms with Gasteiger partial charge < -0.3 is 10.2 Å². The molecule has 28 heavy (non-hydrogen) atoms. The maximum absolute atomic E-state index is 13.2. The maximum atomic E-state index is 13.2. The molecule has 150 valence electrons. The van der Waals surface area contributed by atoms with Crippen molar-refractivity contribution in [2.24, 2.45) is 0 Å². The number of rotatable bonds is 8. The van der Waals surface area contributed by atoms with Crippen molar-refractivity contribution in [3.8, 4) is 0 Å². The largest absolute Gasteiger partial charge is 0.352 e. The highest BCUT2D eigenvalue weighted by molar-refractivity contribution is 5.88. The van der Waals surface area contributed by atoms with Crippen LogP contribution in [0.2, 0.25) is 0 Å². The van der Waals surface area contributed by atoms with Gasteiger partial charge in [-0.3, -0.25) is 9.59 Å².